The van der Waals surface area contributed by atoms with Crippen LogP contribution in [-0.2, 0) is 16.5 Å². The summed E-state index contributed by atoms with van der Waals surface area (Å²) in [6.07, 6.45) is 46.7. The molecule has 0 spiro atoms. The molecular weight excluding hydrogens is 1860 g/mol. The van der Waals surface area contributed by atoms with Crippen LogP contribution in [0.15, 0.2) is 368 Å². The van der Waals surface area contributed by atoms with E-state index < -0.39 is 0 Å². The third kappa shape index (κ3) is 23.6. The number of pyridine rings is 11. The van der Waals surface area contributed by atoms with E-state index in [9.17, 15) is 4.39 Å². The molecule has 33 nitrogen and oxygen atoms in total. The highest BCUT2D eigenvalue weighted by Gasteiger charge is 2.22. The summed E-state index contributed by atoms with van der Waals surface area (Å²) < 4.78 is 26.4. The number of hydrogen-bond acceptors (Lipinski definition) is 37. The Morgan fingerprint density at radius 2 is 0.600 bits per heavy atom. The lowest BCUT2D eigenvalue weighted by atomic mass is 10.2. The second kappa shape index (κ2) is 45.5. The fraction of sp³-hybridized carbons (Fsp3) is 0.0495. The number of aromatic nitrogens is 31. The first-order valence-corrected chi connectivity index (χ1v) is 46.9. The minimum Gasteiger partial charge on any atom is -0.347 e. The van der Waals surface area contributed by atoms with Gasteiger partial charge in [-0.15, -0.1) is 55.5 Å². The van der Waals surface area contributed by atoms with E-state index in [0.29, 0.717) is 64.3 Å². The zero-order valence-electron chi connectivity index (χ0n) is 73.4. The maximum Gasteiger partial charge on any atom is 0.201 e. The largest absolute Gasteiger partial charge is 0.347 e. The quantitative estimate of drug-likeness (QED) is 0.0770. The number of aryl methyl sites for hydroxylation is 1. The van der Waals surface area contributed by atoms with Crippen molar-refractivity contribution in [2.24, 2.45) is 7.05 Å². The van der Waals surface area contributed by atoms with Gasteiger partial charge in [0.05, 0.1) is 84.5 Å². The van der Waals surface area contributed by atoms with E-state index >= 15 is 0 Å². The number of rotatable bonds is 18. The minimum absolute atomic E-state index is 0.366. The summed E-state index contributed by atoms with van der Waals surface area (Å²) in [5.74, 6) is 2.60. The van der Waals surface area contributed by atoms with Crippen molar-refractivity contribution in [1.82, 2.24) is 155 Å². The van der Waals surface area contributed by atoms with Crippen LogP contribution in [-0.4, -0.2) is 168 Å². The topological polar surface area (TPSA) is 410 Å². The van der Waals surface area contributed by atoms with Gasteiger partial charge in [-0.1, -0.05) is 47.7 Å². The third-order valence-corrected chi connectivity index (χ3v) is 25.1. The van der Waals surface area contributed by atoms with Gasteiger partial charge >= 0.3 is 0 Å². The summed E-state index contributed by atoms with van der Waals surface area (Å²) in [4.78, 5) is 120. The lowest BCUT2D eigenvalue weighted by Gasteiger charge is -2.22. The summed E-state index contributed by atoms with van der Waals surface area (Å²) in [5.41, 5.74) is 16.6. The highest BCUT2D eigenvalue weighted by atomic mass is 32.1. The van der Waals surface area contributed by atoms with Gasteiger partial charge in [0.1, 0.15) is 71.3 Å². The molecule has 23 aromatic heterocycles. The van der Waals surface area contributed by atoms with Gasteiger partial charge in [-0.3, -0.25) is 29.6 Å². The molecule has 0 N–H and O–H groups in total. The Morgan fingerprint density at radius 1 is 0.264 bits per heavy atom. The van der Waals surface area contributed by atoms with E-state index in [4.69, 9.17) is 9.47 Å². The standard InChI is InChI=1S/C18H14N6.C17H10FN5S.C17H11N5S.C17H15N3O2S.2C16H10N6S/c1-24-17(11-16(23-24)13-5-3-8-19-12-13)14-6-2-7-15(22-14)18-20-9-4-10-21-18;18-12-7-11(8-19-9-12)17-22-10-15(24-17)13-3-1-4-14(23-13)16-20-5-2-6-21-16;1-5-13(22-14(6-1)16-19-8-3-9-20-16)15-11-21-17(23-15)12-4-2-7-18-10-12;1-5-13(20-14(6-1)17-21-8-3-9-22-17)15-11-19-16(23-15)12-4-2-7-18-10-12;1-5-12(14-18-8-3-9-19-14)20-13(6-1)16-22-21-15(23-16)11-4-2-7-17-10-11;1-3-12(22-13(4-1)15-19-5-2-6-20-15)14-9-21-16(23-14)11-7-17-10-18-8-11/h2-12H,1H3;1-10H;1-11H;1-2,4-7,10-11,17H,3,8-9H2;2*1-10H. The van der Waals surface area contributed by atoms with Crippen molar-refractivity contribution in [2.45, 2.75) is 12.7 Å². The van der Waals surface area contributed by atoms with E-state index in [1.54, 1.807) is 188 Å². The summed E-state index contributed by atoms with van der Waals surface area (Å²) in [6.45, 7) is 1.42. The molecule has 140 heavy (non-hydrogen) atoms. The average molecular weight is 1930 g/mol. The highest BCUT2D eigenvalue weighted by molar-refractivity contribution is 7.19. The van der Waals surface area contributed by atoms with Crippen molar-refractivity contribution in [2.75, 3.05) is 13.2 Å². The molecule has 0 atom stereocenters. The lowest BCUT2D eigenvalue weighted by Crippen LogP contribution is -2.18. The maximum absolute atomic E-state index is 13.3. The van der Waals surface area contributed by atoms with Gasteiger partial charge in [0.25, 0.3) is 0 Å². The van der Waals surface area contributed by atoms with E-state index in [-0.39, 0.29) is 12.1 Å². The van der Waals surface area contributed by atoms with E-state index in [1.807, 2.05) is 207 Å². The molecule has 0 amide bonds. The Bertz CT molecular complexity index is 7550. The molecule has 0 unspecified atom stereocenters. The first-order valence-electron chi connectivity index (χ1n) is 42.8. The highest BCUT2D eigenvalue weighted by Crippen LogP contribution is 2.38. The van der Waals surface area contributed by atoms with Crippen LogP contribution in [0.25, 0.3) is 186 Å². The van der Waals surface area contributed by atoms with Gasteiger partial charge in [-0.05, 0) is 170 Å². The van der Waals surface area contributed by atoms with Crippen molar-refractivity contribution in [3.05, 3.63) is 379 Å². The van der Waals surface area contributed by atoms with Gasteiger partial charge in [0.2, 0.25) is 6.29 Å². The molecule has 0 bridgehead atoms. The molecule has 24 rings (SSSR count). The smallest absolute Gasteiger partial charge is 0.201 e. The van der Waals surface area contributed by atoms with Gasteiger partial charge < -0.3 is 9.47 Å². The Hall–Kier alpha value is -17.7. The van der Waals surface area contributed by atoms with Crippen LogP contribution in [0.5, 0.6) is 0 Å². The summed E-state index contributed by atoms with van der Waals surface area (Å²) in [7, 11) is 1.91. The van der Waals surface area contributed by atoms with Crippen molar-refractivity contribution in [3.8, 4) is 186 Å². The minimum atomic E-state index is -0.384. The van der Waals surface area contributed by atoms with Crippen molar-refractivity contribution >= 4 is 56.7 Å². The van der Waals surface area contributed by atoms with Crippen LogP contribution in [0.2, 0.25) is 0 Å². The molecule has 678 valence electrons. The fourth-order valence-corrected chi connectivity index (χ4v) is 17.6. The molecule has 39 heteroatoms. The Balaban J connectivity index is 0.000000107. The van der Waals surface area contributed by atoms with Crippen molar-refractivity contribution in [1.29, 1.82) is 0 Å². The van der Waals surface area contributed by atoms with Crippen LogP contribution < -0.4 is 0 Å². The van der Waals surface area contributed by atoms with Gasteiger partial charge in [0, 0.05) is 195 Å². The van der Waals surface area contributed by atoms with E-state index in [1.165, 1.54) is 41.3 Å². The molecule has 1 aliphatic rings. The number of nitrogens with zero attached hydrogens (tertiary/aromatic N) is 31. The second-order valence-electron chi connectivity index (χ2n) is 29.3. The summed E-state index contributed by atoms with van der Waals surface area (Å²) >= 11 is 7.64. The molecule has 23 aromatic rings. The zero-order chi connectivity index (χ0) is 94.6. The molecule has 1 saturated heterocycles. The third-order valence-electron chi connectivity index (χ3n) is 19.8. The molecular formula is C101H70FN31O2S5. The van der Waals surface area contributed by atoms with Crippen LogP contribution in [0.1, 0.15) is 18.4 Å². The van der Waals surface area contributed by atoms with Gasteiger partial charge in [-0.2, -0.15) is 5.10 Å². The van der Waals surface area contributed by atoms with Crippen LogP contribution in [0.3, 0.4) is 0 Å². The van der Waals surface area contributed by atoms with E-state index in [2.05, 4.69) is 150 Å². The number of ether oxygens (including phenoxy) is 2. The molecule has 0 aliphatic carbocycles. The van der Waals surface area contributed by atoms with Crippen LogP contribution in [0.4, 0.5) is 4.39 Å². The molecule has 0 radical (unpaired) electrons. The average Bonchev–Trinajstić information content (AvgIpc) is 1.57. The predicted molar refractivity (Wildman–Crippen MR) is 532 cm³/mol. The van der Waals surface area contributed by atoms with Gasteiger partial charge in [0.15, 0.2) is 34.1 Å². The van der Waals surface area contributed by atoms with Crippen LogP contribution in [0, 0.1) is 5.82 Å². The summed E-state index contributed by atoms with van der Waals surface area (Å²) in [5, 5.41) is 18.0. The SMILES string of the molecule is Cn1nc(-c2cccnc2)cc1-c1cccc(-c2ncccn2)n1.Fc1cncc(-c2ncc(-c3cccc(-c4ncccn4)n3)s2)c1.c1cnc(-c2cccc(-c3cnc(-c4cccnc4)s3)n2)nc1.c1cnc(-c2cccc(-c3cnc(-c4cncnc4)s3)n2)nc1.c1cnc(-c2cccc(-c3nnc(-c4cccnc4)s3)n2)nc1.c1cncc(-c2ncc(-c3cccc(C4OCCCO4)n3)s2)c1. The zero-order valence-corrected chi connectivity index (χ0v) is 77.5. The maximum atomic E-state index is 13.3. The first kappa shape index (κ1) is 91.4. The van der Waals surface area contributed by atoms with Gasteiger partial charge in [-0.25, -0.2) is 114 Å². The monoisotopic (exact) mass is 1930 g/mol. The Morgan fingerprint density at radius 3 is 1.01 bits per heavy atom. The summed E-state index contributed by atoms with van der Waals surface area (Å²) in [6, 6.07) is 62.5. The Kier molecular flexibility index (Phi) is 29.7. The number of thiazole rings is 4. The Labute approximate surface area is 817 Å². The lowest BCUT2D eigenvalue weighted by molar-refractivity contribution is -0.185. The first-order chi connectivity index (χ1) is 69.2. The molecule has 0 aromatic carbocycles. The molecule has 24 heterocycles. The molecule has 1 aliphatic heterocycles. The normalized spacial score (nSPS) is 11.5. The molecule has 1 fully saturated rings. The fourth-order valence-electron chi connectivity index (χ4n) is 13.3. The number of hydrogen-bond donors (Lipinski definition) is 0. The molecule has 0 saturated carbocycles. The number of halogens is 1. The predicted octanol–water partition coefficient (Wildman–Crippen LogP) is 20.5. The van der Waals surface area contributed by atoms with E-state index in [0.717, 1.165) is 147 Å². The van der Waals surface area contributed by atoms with Crippen LogP contribution >= 0.6 is 56.7 Å². The van der Waals surface area contributed by atoms with Crippen molar-refractivity contribution < 1.29 is 13.9 Å². The van der Waals surface area contributed by atoms with Crippen molar-refractivity contribution in [3.63, 3.8) is 0 Å². The second-order valence-corrected chi connectivity index (χ2v) is 34.4.